The largest absolute Gasteiger partial charge is 0.336 e. The Morgan fingerprint density at radius 3 is 2.29 bits per heavy atom. The molecule has 1 heterocycles. The molecule has 3 nitrogen and oxygen atoms in total. The first-order valence-electron chi connectivity index (χ1n) is 5.81. The highest BCUT2D eigenvalue weighted by molar-refractivity contribution is 7.11. The Balaban J connectivity index is 2.31. The second-order valence-electron chi connectivity index (χ2n) is 4.35. The maximum Gasteiger partial charge on any atom is 0.260 e. The Hall–Kier alpha value is -1.96. The van der Waals surface area contributed by atoms with E-state index >= 15 is 0 Å². The van der Waals surface area contributed by atoms with Crippen molar-refractivity contribution in [3.05, 3.63) is 51.0 Å². The smallest absolute Gasteiger partial charge is 0.260 e. The maximum absolute atomic E-state index is 13.6. The van der Waals surface area contributed by atoms with Crippen molar-refractivity contribution < 1.29 is 22.4 Å². The first-order chi connectivity index (χ1) is 9.81. The fourth-order valence-corrected chi connectivity index (χ4v) is 2.58. The van der Waals surface area contributed by atoms with Gasteiger partial charge in [-0.2, -0.15) is 0 Å². The first kappa shape index (κ1) is 15.4. The van der Waals surface area contributed by atoms with Gasteiger partial charge < -0.3 is 4.90 Å². The Kier molecular flexibility index (Phi) is 4.26. The predicted octanol–water partition coefficient (Wildman–Crippen LogP) is 3.28. The number of amides is 1. The van der Waals surface area contributed by atoms with Crippen LogP contribution in [0.25, 0.3) is 0 Å². The standard InChI is InChI=1S/C13H10F4N2OS/c1-6-18-4-7(21-6)5-19(2)13(20)10-11(16)8(14)3-9(15)12(10)17/h3-4H,5H2,1-2H3. The van der Waals surface area contributed by atoms with Crippen LogP contribution in [0.4, 0.5) is 17.6 Å². The summed E-state index contributed by atoms with van der Waals surface area (Å²) < 4.78 is 53.3. The van der Waals surface area contributed by atoms with Gasteiger partial charge in [0.25, 0.3) is 5.91 Å². The molecule has 0 aliphatic heterocycles. The molecule has 0 spiro atoms. The van der Waals surface area contributed by atoms with Crippen LogP contribution in [0.5, 0.6) is 0 Å². The van der Waals surface area contributed by atoms with Crippen LogP contribution in [0.3, 0.4) is 0 Å². The number of hydrogen-bond acceptors (Lipinski definition) is 3. The molecular formula is C13H10F4N2OS. The van der Waals surface area contributed by atoms with E-state index in [-0.39, 0.29) is 12.6 Å². The van der Waals surface area contributed by atoms with Crippen LogP contribution < -0.4 is 0 Å². The minimum atomic E-state index is -1.70. The molecule has 2 rings (SSSR count). The molecule has 0 atom stereocenters. The van der Waals surface area contributed by atoms with Gasteiger partial charge in [0.1, 0.15) is 5.56 Å². The topological polar surface area (TPSA) is 33.2 Å². The van der Waals surface area contributed by atoms with Gasteiger partial charge in [0, 0.05) is 24.2 Å². The lowest BCUT2D eigenvalue weighted by molar-refractivity contribution is 0.0774. The van der Waals surface area contributed by atoms with Crippen molar-refractivity contribution in [3.63, 3.8) is 0 Å². The van der Waals surface area contributed by atoms with Gasteiger partial charge in [0.15, 0.2) is 23.3 Å². The Morgan fingerprint density at radius 2 is 1.81 bits per heavy atom. The highest BCUT2D eigenvalue weighted by Gasteiger charge is 2.27. The molecule has 0 aliphatic rings. The highest BCUT2D eigenvalue weighted by Crippen LogP contribution is 2.22. The van der Waals surface area contributed by atoms with Crippen molar-refractivity contribution in [1.29, 1.82) is 0 Å². The van der Waals surface area contributed by atoms with Crippen LogP contribution in [0, 0.1) is 30.2 Å². The van der Waals surface area contributed by atoms with E-state index in [0.717, 1.165) is 9.91 Å². The average molecular weight is 318 g/mol. The van der Waals surface area contributed by atoms with E-state index in [4.69, 9.17) is 0 Å². The number of nitrogens with zero attached hydrogens (tertiary/aromatic N) is 2. The van der Waals surface area contributed by atoms with Gasteiger partial charge in [-0.25, -0.2) is 22.5 Å². The molecule has 0 fully saturated rings. The van der Waals surface area contributed by atoms with E-state index in [9.17, 15) is 22.4 Å². The molecule has 0 aliphatic carbocycles. The molecule has 1 aromatic heterocycles. The maximum atomic E-state index is 13.6. The first-order valence-corrected chi connectivity index (χ1v) is 6.62. The number of rotatable bonds is 3. The van der Waals surface area contributed by atoms with E-state index in [0.29, 0.717) is 4.88 Å². The molecule has 0 bridgehead atoms. The molecule has 0 unspecified atom stereocenters. The highest BCUT2D eigenvalue weighted by atomic mass is 32.1. The molecule has 1 amide bonds. The van der Waals surface area contributed by atoms with E-state index in [2.05, 4.69) is 4.98 Å². The number of hydrogen-bond donors (Lipinski definition) is 0. The summed E-state index contributed by atoms with van der Waals surface area (Å²) in [7, 11) is 1.28. The third kappa shape index (κ3) is 3.05. The van der Waals surface area contributed by atoms with Crippen LogP contribution in [0.1, 0.15) is 20.2 Å². The average Bonchev–Trinajstić information content (AvgIpc) is 2.82. The molecule has 0 N–H and O–H groups in total. The SMILES string of the molecule is Cc1ncc(CN(C)C(=O)c2c(F)c(F)cc(F)c2F)s1. The Bertz CT molecular complexity index is 675. The van der Waals surface area contributed by atoms with Gasteiger partial charge in [0.05, 0.1) is 11.6 Å². The van der Waals surface area contributed by atoms with Crippen LogP contribution in [-0.2, 0) is 6.54 Å². The van der Waals surface area contributed by atoms with Crippen LogP contribution in [-0.4, -0.2) is 22.8 Å². The summed E-state index contributed by atoms with van der Waals surface area (Å²) in [6, 6.07) is 0.0635. The van der Waals surface area contributed by atoms with E-state index in [1.54, 1.807) is 6.92 Å². The molecule has 112 valence electrons. The van der Waals surface area contributed by atoms with E-state index < -0.39 is 34.7 Å². The summed E-state index contributed by atoms with van der Waals surface area (Å²) in [6.07, 6.45) is 1.52. The molecule has 2 aromatic rings. The van der Waals surface area contributed by atoms with E-state index in [1.807, 2.05) is 0 Å². The second kappa shape index (κ2) is 5.80. The number of carbonyl (C=O) groups excluding carboxylic acids is 1. The summed E-state index contributed by atoms with van der Waals surface area (Å²) in [5.74, 6) is -7.77. The zero-order chi connectivity index (χ0) is 15.7. The summed E-state index contributed by atoms with van der Waals surface area (Å²) in [4.78, 5) is 17.6. The van der Waals surface area contributed by atoms with Crippen molar-refractivity contribution in [2.45, 2.75) is 13.5 Å². The number of aryl methyl sites for hydroxylation is 1. The lowest BCUT2D eigenvalue weighted by Crippen LogP contribution is -2.28. The number of aromatic nitrogens is 1. The summed E-state index contributed by atoms with van der Waals surface area (Å²) in [5.41, 5.74) is -1.24. The fraction of sp³-hybridized carbons (Fsp3) is 0.231. The van der Waals surface area contributed by atoms with E-state index in [1.165, 1.54) is 24.6 Å². The number of benzene rings is 1. The van der Waals surface area contributed by atoms with Gasteiger partial charge in [-0.3, -0.25) is 4.79 Å². The quantitative estimate of drug-likeness (QED) is 0.643. The van der Waals surface area contributed by atoms with Gasteiger partial charge in [-0.1, -0.05) is 0 Å². The monoisotopic (exact) mass is 318 g/mol. The van der Waals surface area contributed by atoms with Gasteiger partial charge >= 0.3 is 0 Å². The van der Waals surface area contributed by atoms with Crippen molar-refractivity contribution in [2.75, 3.05) is 7.05 Å². The molecule has 0 saturated carbocycles. The van der Waals surface area contributed by atoms with Crippen LogP contribution >= 0.6 is 11.3 Å². The third-order valence-corrected chi connectivity index (χ3v) is 3.63. The molecule has 8 heteroatoms. The van der Waals surface area contributed by atoms with Crippen LogP contribution in [0.15, 0.2) is 12.3 Å². The minimum absolute atomic E-state index is 0.0291. The lowest BCUT2D eigenvalue weighted by atomic mass is 10.1. The van der Waals surface area contributed by atoms with Gasteiger partial charge in [-0.15, -0.1) is 11.3 Å². The minimum Gasteiger partial charge on any atom is -0.336 e. The zero-order valence-electron chi connectivity index (χ0n) is 11.1. The molecule has 0 radical (unpaired) electrons. The van der Waals surface area contributed by atoms with Crippen molar-refractivity contribution in [3.8, 4) is 0 Å². The van der Waals surface area contributed by atoms with Crippen molar-refractivity contribution in [1.82, 2.24) is 9.88 Å². The Morgan fingerprint density at radius 1 is 1.24 bits per heavy atom. The van der Waals surface area contributed by atoms with Crippen LogP contribution in [0.2, 0.25) is 0 Å². The number of carbonyl (C=O) groups is 1. The predicted molar refractivity (Wildman–Crippen MR) is 68.9 cm³/mol. The van der Waals surface area contributed by atoms with Gasteiger partial charge in [-0.05, 0) is 6.92 Å². The summed E-state index contributed by atoms with van der Waals surface area (Å²) in [5, 5.41) is 0.764. The normalized spacial score (nSPS) is 10.8. The summed E-state index contributed by atoms with van der Waals surface area (Å²) >= 11 is 1.30. The molecular weight excluding hydrogens is 308 g/mol. The third-order valence-electron chi connectivity index (χ3n) is 2.73. The Labute approximate surface area is 121 Å². The molecule has 1 aromatic carbocycles. The lowest BCUT2D eigenvalue weighted by Gasteiger charge is -2.17. The van der Waals surface area contributed by atoms with Crippen molar-refractivity contribution in [2.24, 2.45) is 0 Å². The molecule has 0 saturated heterocycles. The fourth-order valence-electron chi connectivity index (χ4n) is 1.74. The number of halogens is 4. The second-order valence-corrected chi connectivity index (χ2v) is 5.67. The summed E-state index contributed by atoms with van der Waals surface area (Å²) in [6.45, 7) is 1.79. The number of thiazole rings is 1. The van der Waals surface area contributed by atoms with Crippen molar-refractivity contribution >= 4 is 17.2 Å². The van der Waals surface area contributed by atoms with Gasteiger partial charge in [0.2, 0.25) is 0 Å². The zero-order valence-corrected chi connectivity index (χ0v) is 11.9. The molecule has 21 heavy (non-hydrogen) atoms.